The van der Waals surface area contributed by atoms with Crippen molar-refractivity contribution in [2.24, 2.45) is 0 Å². The zero-order valence-electron chi connectivity index (χ0n) is 49.9. The number of anilines is 1. The van der Waals surface area contributed by atoms with E-state index in [1.54, 1.807) is 81.6 Å². The van der Waals surface area contributed by atoms with Crippen LogP contribution in [0.4, 0.5) is 32.3 Å². The Hall–Kier alpha value is -7.65. The number of aliphatic carboxylic acids is 4. The number of aryl methyl sites for hydroxylation is 4. The largest absolute Gasteiger partial charge is 0.490 e. The molecule has 522 valence electrons. The molecule has 41 heteroatoms. The third-order valence-electron chi connectivity index (χ3n) is 13.2. The van der Waals surface area contributed by atoms with Crippen LogP contribution < -0.4 is 31.4 Å². The number of halogens is 6. The summed E-state index contributed by atoms with van der Waals surface area (Å²) in [5.41, 5.74) is 1.40. The zero-order chi connectivity index (χ0) is 70.3. The third kappa shape index (κ3) is 28.6. The van der Waals surface area contributed by atoms with E-state index in [1.807, 2.05) is 0 Å². The van der Waals surface area contributed by atoms with E-state index >= 15 is 0 Å². The number of carboxylic acid groups (broad SMARTS) is 4. The van der Waals surface area contributed by atoms with E-state index < -0.39 is 129 Å². The number of nitrogens with one attached hydrogen (secondary N) is 6. The van der Waals surface area contributed by atoms with Crippen molar-refractivity contribution in [1.29, 1.82) is 0 Å². The van der Waals surface area contributed by atoms with Crippen molar-refractivity contribution in [2.45, 2.75) is 82.2 Å². The number of carbonyl (C=O) groups is 7. The summed E-state index contributed by atoms with van der Waals surface area (Å²) < 4.78 is 124. The van der Waals surface area contributed by atoms with Crippen molar-refractivity contribution in [3.63, 3.8) is 0 Å². The molecule has 0 aliphatic carbocycles. The molecule has 1 fully saturated rings. The first-order valence-electron chi connectivity index (χ1n) is 27.6. The summed E-state index contributed by atoms with van der Waals surface area (Å²) in [6, 6.07) is 4.52. The third-order valence-corrected chi connectivity index (χ3v) is 15.7. The summed E-state index contributed by atoms with van der Waals surface area (Å²) in [5, 5.41) is 83.3. The zero-order valence-corrected chi connectivity index (χ0v) is 51.6. The second kappa shape index (κ2) is 36.1. The van der Waals surface area contributed by atoms with E-state index in [0.717, 1.165) is 5.56 Å². The first-order chi connectivity index (χ1) is 43.1. The number of fused-ring (bicyclic) bond motifs is 1. The van der Waals surface area contributed by atoms with Gasteiger partial charge < -0.3 is 85.3 Å². The van der Waals surface area contributed by atoms with Gasteiger partial charge in [0.15, 0.2) is 18.5 Å². The lowest BCUT2D eigenvalue weighted by molar-refractivity contribution is -0.193. The summed E-state index contributed by atoms with van der Waals surface area (Å²) in [6.45, 7) is 4.43. The standard InChI is InChI=1S/C48H72N12O17S2.2C2HF3O2/c1-30-19-31(2)44(32(3)20-30)79(76,77)55-36(47(71)72)23-52-45(69)35-24-60(38-21-33(5-6-34(38)43(35)68)22-53-48-50-8-9-51-48)10-4-7-49-46(70)37(29-78(73,74)75)54-39(61)25-56-11-13-57(26-40(62)63)15-17-59(28-42(66)67)18-16-58(14-12-56)27-41(64)65;2*3-2(4,5)1(6)7/h5-6,8-9,19-21,24,36-37,40,42,55,62-63,66-67,73-75H,4,7,10-18,22-23,25-29H2,1-3H3,(H,49,70)(H,52,69)(H,54,61)(H,64,65)(H,71,72)(H2,50,51,53);2*(H,6,7)/t36-,37-;;/m0../s1. The minimum atomic E-state index is -5.08. The van der Waals surface area contributed by atoms with Crippen LogP contribution in [0, 0.1) is 20.8 Å². The van der Waals surface area contributed by atoms with Crippen molar-refractivity contribution >= 4 is 79.3 Å². The predicted molar refractivity (Wildman–Crippen MR) is 316 cm³/mol. The average molecular weight is 1380 g/mol. The molecule has 17 N–H and O–H groups in total. The molecule has 0 saturated carbocycles. The van der Waals surface area contributed by atoms with Gasteiger partial charge in [-0.25, -0.2) is 23.0 Å². The van der Waals surface area contributed by atoms with Crippen molar-refractivity contribution in [3.05, 3.63) is 87.0 Å². The molecule has 1 aliphatic heterocycles. The molecule has 3 heterocycles. The monoisotopic (exact) mass is 1380 g/mol. The van der Waals surface area contributed by atoms with E-state index in [-0.39, 0.29) is 108 Å². The van der Waals surface area contributed by atoms with Crippen molar-refractivity contribution in [3.8, 4) is 0 Å². The number of aromatic nitrogens is 3. The van der Waals surface area contributed by atoms with Gasteiger partial charge in [0.25, 0.3) is 5.91 Å². The van der Waals surface area contributed by atoms with Crippen LogP contribution >= 0.6 is 10.9 Å². The van der Waals surface area contributed by atoms with E-state index in [4.69, 9.17) is 19.8 Å². The lowest BCUT2D eigenvalue weighted by Gasteiger charge is -2.34. The van der Waals surface area contributed by atoms with E-state index in [9.17, 15) is 108 Å². The summed E-state index contributed by atoms with van der Waals surface area (Å²) in [4.78, 5) is 111. The van der Waals surface area contributed by atoms with Gasteiger partial charge >= 0.3 is 36.2 Å². The quantitative estimate of drug-likeness (QED) is 0.0200. The number of β-amino-alcohol motifs (C(OH)–C–C–N with tert-alkyl or cyclic N) is 4. The van der Waals surface area contributed by atoms with Gasteiger partial charge in [0, 0.05) is 116 Å². The minimum absolute atomic E-state index is 0.00498. The number of nitrogens with zero attached hydrogens (tertiary/aromatic N) is 6. The fourth-order valence-corrected chi connectivity index (χ4v) is 11.4. The molecule has 2 aromatic carbocycles. The van der Waals surface area contributed by atoms with Crippen LogP contribution in [0.25, 0.3) is 10.9 Å². The molecule has 1 saturated heterocycles. The number of aliphatic hydroxyl groups excluding tert-OH is 2. The number of aliphatic hydroxyl groups is 4. The first-order valence-corrected chi connectivity index (χ1v) is 30.7. The SMILES string of the molecule is Cc1cc(C)c(S(=O)(=O)N[C@@H](CNC(=O)c2cn(CCCNC(=O)[C@H](CS(O)(O)O)NC(=O)CN3CCN(CC(=O)O)CCN(CC(O)O)CCN(CC(O)O)CC3)c3cc(CNc4ncc[nH]4)ccc3c2=O)C(=O)O)c(C)c1.O=C(O)C(F)(F)F.O=C(O)C(F)(F)F. The predicted octanol–water partition coefficient (Wildman–Crippen LogP) is -1.17. The van der Waals surface area contributed by atoms with Crippen LogP contribution in [0.2, 0.25) is 0 Å². The normalized spacial score (nSPS) is 15.3. The molecule has 33 nitrogen and oxygen atoms in total. The van der Waals surface area contributed by atoms with Gasteiger partial charge in [0.05, 0.1) is 40.1 Å². The molecule has 0 spiro atoms. The Bertz CT molecular complexity index is 3310. The molecule has 3 amide bonds. The maximum atomic E-state index is 14.0. The first kappa shape index (κ1) is 79.6. The number of H-pyrrole nitrogens is 1. The topological polar surface area (TPSA) is 500 Å². The van der Waals surface area contributed by atoms with Crippen LogP contribution in [-0.2, 0) is 51.9 Å². The fraction of sp³-hybridized carbons (Fsp3) is 0.519. The molecule has 0 radical (unpaired) electrons. The number of benzene rings is 2. The number of carboxylic acids is 4. The van der Waals surface area contributed by atoms with E-state index in [0.29, 0.717) is 28.2 Å². The van der Waals surface area contributed by atoms with Crippen LogP contribution in [0.15, 0.2) is 58.6 Å². The number of carbonyl (C=O) groups excluding carboxylic acids is 3. The number of amides is 3. The van der Waals surface area contributed by atoms with Crippen LogP contribution in [0.5, 0.6) is 0 Å². The second-order valence-corrected chi connectivity index (χ2v) is 24.1. The molecule has 0 bridgehead atoms. The van der Waals surface area contributed by atoms with Crippen LogP contribution in [-0.4, -0.2) is 273 Å². The molecule has 0 unspecified atom stereocenters. The number of rotatable bonds is 26. The molecule has 2 aromatic heterocycles. The highest BCUT2D eigenvalue weighted by molar-refractivity contribution is 8.19. The number of pyridine rings is 1. The highest BCUT2D eigenvalue weighted by Crippen LogP contribution is 2.33. The van der Waals surface area contributed by atoms with Crippen molar-refractivity contribution < 1.29 is 123 Å². The minimum Gasteiger partial charge on any atom is -0.480 e. The summed E-state index contributed by atoms with van der Waals surface area (Å²) in [5.74, 6) is -11.6. The summed E-state index contributed by atoms with van der Waals surface area (Å²) >= 11 is 0. The van der Waals surface area contributed by atoms with Crippen molar-refractivity contribution in [1.82, 2.24) is 54.8 Å². The number of hydrogen-bond donors (Lipinski definition) is 17. The van der Waals surface area contributed by atoms with E-state index in [2.05, 4.69) is 36.0 Å². The van der Waals surface area contributed by atoms with Gasteiger partial charge in [-0.15, -0.1) is 0 Å². The molecule has 1 aliphatic rings. The Kier molecular flexibility index (Phi) is 30.9. The molecule has 93 heavy (non-hydrogen) atoms. The van der Waals surface area contributed by atoms with Crippen LogP contribution in [0.1, 0.15) is 39.0 Å². The summed E-state index contributed by atoms with van der Waals surface area (Å²) in [7, 11) is -8.81. The lowest BCUT2D eigenvalue weighted by atomic mass is 10.1. The highest BCUT2D eigenvalue weighted by atomic mass is 32.3. The number of aromatic amines is 1. The average Bonchev–Trinajstić information content (AvgIpc) is 1.30. The smallest absolute Gasteiger partial charge is 0.480 e. The Morgan fingerprint density at radius 1 is 0.710 bits per heavy atom. The second-order valence-electron chi connectivity index (χ2n) is 20.8. The van der Waals surface area contributed by atoms with Gasteiger partial charge in [-0.2, -0.15) is 31.1 Å². The Balaban J connectivity index is 0.00000144. The molecular formula is C52H74F6N12O21S2. The number of alkyl halides is 6. The van der Waals surface area contributed by atoms with E-state index in [1.165, 1.54) is 12.3 Å². The van der Waals surface area contributed by atoms with Gasteiger partial charge in [-0.05, 0) is 56.0 Å². The van der Waals surface area contributed by atoms with Crippen LogP contribution in [0.3, 0.4) is 0 Å². The molecule has 2 atom stereocenters. The summed E-state index contributed by atoms with van der Waals surface area (Å²) in [6.07, 6.45) is -9.11. The Labute approximate surface area is 527 Å². The van der Waals surface area contributed by atoms with Crippen molar-refractivity contribution in [2.75, 3.05) is 103 Å². The van der Waals surface area contributed by atoms with Gasteiger partial charge in [0.2, 0.25) is 27.3 Å². The molecule has 4 aromatic rings. The number of imidazole rings is 1. The number of sulfonamides is 1. The van der Waals surface area contributed by atoms with Gasteiger partial charge in [-0.3, -0.25) is 48.4 Å². The molecule has 5 rings (SSSR count). The Morgan fingerprint density at radius 2 is 1.22 bits per heavy atom. The highest BCUT2D eigenvalue weighted by Gasteiger charge is 2.39. The lowest BCUT2D eigenvalue weighted by Crippen LogP contribution is -2.53. The van der Waals surface area contributed by atoms with Gasteiger partial charge in [0.1, 0.15) is 17.6 Å². The van der Waals surface area contributed by atoms with Gasteiger partial charge in [-0.1, -0.05) is 23.8 Å². The maximum absolute atomic E-state index is 14.0. The number of hydrogen-bond acceptors (Lipinski definition) is 23. The Morgan fingerprint density at radius 3 is 1.67 bits per heavy atom. The maximum Gasteiger partial charge on any atom is 0.490 e. The fourth-order valence-electron chi connectivity index (χ4n) is 9.09. The molecular weight excluding hydrogens is 1310 g/mol.